The summed E-state index contributed by atoms with van der Waals surface area (Å²) >= 11 is 0. The maximum atomic E-state index is 11.5. The second-order valence-corrected chi connectivity index (χ2v) is 16.8. The second kappa shape index (κ2) is 23.5. The Kier molecular flexibility index (Phi) is 19.4. The van der Waals surface area contributed by atoms with Crippen LogP contribution in [0.2, 0.25) is 0 Å². The van der Waals surface area contributed by atoms with Crippen molar-refractivity contribution in [3.63, 3.8) is 0 Å². The smallest absolute Gasteiger partial charge is 0.187 e. The van der Waals surface area contributed by atoms with E-state index in [0.29, 0.717) is 0 Å². The fourth-order valence-corrected chi connectivity index (χ4v) is 8.49. The fourth-order valence-electron chi connectivity index (χ4n) is 8.49. The zero-order valence-electron chi connectivity index (χ0n) is 35.0. The Hall–Kier alpha value is -1.24. The Morgan fingerprint density at radius 1 is 0.224 bits per heavy atom. The van der Waals surface area contributed by atoms with E-state index in [1.165, 1.54) is 0 Å². The summed E-state index contributed by atoms with van der Waals surface area (Å²) in [7, 11) is 0. The van der Waals surface area contributed by atoms with E-state index in [1.807, 2.05) is 0 Å². The molecule has 6 saturated heterocycles. The Bertz CT molecular complexity index is 1510. The summed E-state index contributed by atoms with van der Waals surface area (Å²) in [5, 5.41) is 211. The van der Waals surface area contributed by atoms with E-state index < -0.39 is 224 Å². The quantitative estimate of drug-likeness (QED) is 0.0683. The van der Waals surface area contributed by atoms with E-state index in [2.05, 4.69) is 0 Å². The number of ether oxygens (including phenoxy) is 11. The molecule has 6 rings (SSSR count). The molecule has 0 aromatic heterocycles. The summed E-state index contributed by atoms with van der Waals surface area (Å²) in [5.74, 6) is 0. The van der Waals surface area contributed by atoms with Crippen LogP contribution < -0.4 is 0 Å². The van der Waals surface area contributed by atoms with Gasteiger partial charge in [0.1, 0.15) is 146 Å². The van der Waals surface area contributed by atoms with E-state index >= 15 is 0 Å². The maximum Gasteiger partial charge on any atom is 0.187 e. The lowest BCUT2D eigenvalue weighted by Gasteiger charge is -2.50. The molecule has 1 unspecified atom stereocenters. The molecule has 0 spiro atoms. The molecule has 0 aromatic rings. The molecule has 392 valence electrons. The van der Waals surface area contributed by atoms with Crippen molar-refractivity contribution in [1.82, 2.24) is 0 Å². The number of aliphatic hydroxyl groups excluding tert-OH is 20. The number of hydrogen-bond donors (Lipinski definition) is 20. The summed E-state index contributed by atoms with van der Waals surface area (Å²) in [4.78, 5) is 0. The first-order valence-corrected chi connectivity index (χ1v) is 21.1. The molecule has 20 N–H and O–H groups in total. The minimum Gasteiger partial charge on any atom is -0.394 e. The minimum atomic E-state index is -2.25. The van der Waals surface area contributed by atoms with Gasteiger partial charge in [0.15, 0.2) is 37.7 Å². The third-order valence-corrected chi connectivity index (χ3v) is 12.4. The van der Waals surface area contributed by atoms with Crippen molar-refractivity contribution in [3.8, 4) is 0 Å². The van der Waals surface area contributed by atoms with Gasteiger partial charge in [0.05, 0.1) is 39.6 Å². The molecule has 0 aromatic carbocycles. The average molecular weight is 991 g/mol. The lowest BCUT2D eigenvalue weighted by atomic mass is 9.95. The van der Waals surface area contributed by atoms with Crippen LogP contribution in [0.1, 0.15) is 0 Å². The standard InChI is InChI=1S/C36H62O31/c37-1-7-13(43)18(48)21(51)32(58-7)64-27-14(44)9(3-39)60-34(23(27)53)66-29-16(46)11(5-41)62-36(25(29)55)67-30-17(47)10(4-40)61-35(24(30)54)65-28-15(45)8(2-38)59-33(22(28)52)63-26-12(6-42)57-31(56)20(50)19(26)49/h7-56H,1-6H2/t7-,8-,9-,10-,11-,12-,13+,14+,15+,16+,17+,18+,19-,20-,21-,22-,23-,24-,25-,26-,27+,28+,29+,30+,31?,32+,33+,34+,35+,36+/m1/s1. The molecule has 30 atom stereocenters. The first kappa shape index (κ1) is 55.1. The van der Waals surface area contributed by atoms with Gasteiger partial charge in [-0.2, -0.15) is 0 Å². The lowest BCUT2D eigenvalue weighted by Crippen LogP contribution is -2.68. The van der Waals surface area contributed by atoms with Crippen LogP contribution in [0.25, 0.3) is 0 Å². The van der Waals surface area contributed by atoms with E-state index in [-0.39, 0.29) is 0 Å². The van der Waals surface area contributed by atoms with E-state index in [0.717, 1.165) is 0 Å². The van der Waals surface area contributed by atoms with Crippen molar-refractivity contribution in [1.29, 1.82) is 0 Å². The third-order valence-electron chi connectivity index (χ3n) is 12.4. The normalized spacial score (nSPS) is 53.4. The largest absolute Gasteiger partial charge is 0.394 e. The molecule has 31 heteroatoms. The molecule has 6 heterocycles. The van der Waals surface area contributed by atoms with Crippen molar-refractivity contribution in [3.05, 3.63) is 0 Å². The second-order valence-electron chi connectivity index (χ2n) is 16.8. The molecular formula is C36H62O31. The van der Waals surface area contributed by atoms with Gasteiger partial charge in [-0.1, -0.05) is 0 Å². The maximum absolute atomic E-state index is 11.5. The van der Waals surface area contributed by atoms with Gasteiger partial charge in [-0.15, -0.1) is 0 Å². The Labute approximate surface area is 378 Å². The first-order valence-electron chi connectivity index (χ1n) is 21.1. The highest BCUT2D eigenvalue weighted by Gasteiger charge is 2.58. The van der Waals surface area contributed by atoms with E-state index in [1.54, 1.807) is 0 Å². The van der Waals surface area contributed by atoms with Crippen molar-refractivity contribution in [2.75, 3.05) is 39.6 Å². The molecule has 6 aliphatic heterocycles. The van der Waals surface area contributed by atoms with Gasteiger partial charge in [0.2, 0.25) is 0 Å². The van der Waals surface area contributed by atoms with Crippen LogP contribution in [0.3, 0.4) is 0 Å². The van der Waals surface area contributed by atoms with Crippen molar-refractivity contribution < 1.29 is 154 Å². The predicted octanol–water partition coefficient (Wildman–Crippen LogP) is -14.1. The molecule has 0 radical (unpaired) electrons. The molecule has 0 bridgehead atoms. The Balaban J connectivity index is 1.18. The van der Waals surface area contributed by atoms with Crippen LogP contribution >= 0.6 is 0 Å². The Morgan fingerprint density at radius 2 is 0.478 bits per heavy atom. The average Bonchev–Trinajstić information content (AvgIpc) is 3.31. The molecule has 0 aliphatic carbocycles. The van der Waals surface area contributed by atoms with Crippen LogP contribution in [0.5, 0.6) is 0 Å². The predicted molar refractivity (Wildman–Crippen MR) is 199 cm³/mol. The van der Waals surface area contributed by atoms with Gasteiger partial charge >= 0.3 is 0 Å². The number of rotatable bonds is 16. The van der Waals surface area contributed by atoms with Crippen LogP contribution in [-0.4, -0.2) is 326 Å². The minimum absolute atomic E-state index is 0.875. The summed E-state index contributed by atoms with van der Waals surface area (Å²) in [6.45, 7) is -5.81. The van der Waals surface area contributed by atoms with Crippen LogP contribution in [0.4, 0.5) is 0 Å². The molecular weight excluding hydrogens is 928 g/mol. The van der Waals surface area contributed by atoms with Gasteiger partial charge in [-0.05, 0) is 0 Å². The summed E-state index contributed by atoms with van der Waals surface area (Å²) in [6.07, 6.45) is -58.4. The van der Waals surface area contributed by atoms with E-state index in [9.17, 15) is 102 Å². The van der Waals surface area contributed by atoms with Crippen LogP contribution in [0.15, 0.2) is 0 Å². The number of aliphatic hydroxyl groups is 20. The van der Waals surface area contributed by atoms with Crippen molar-refractivity contribution >= 4 is 0 Å². The summed E-state index contributed by atoms with van der Waals surface area (Å²) in [6, 6.07) is 0. The topological polar surface area (TPSA) is 506 Å². The van der Waals surface area contributed by atoms with Crippen LogP contribution in [-0.2, 0) is 52.1 Å². The van der Waals surface area contributed by atoms with E-state index in [4.69, 9.17) is 52.1 Å². The molecule has 31 nitrogen and oxygen atoms in total. The zero-order valence-corrected chi connectivity index (χ0v) is 35.0. The van der Waals surface area contributed by atoms with Gasteiger partial charge in [-0.3, -0.25) is 0 Å². The van der Waals surface area contributed by atoms with Crippen molar-refractivity contribution in [2.24, 2.45) is 0 Å². The highest BCUT2D eigenvalue weighted by atomic mass is 16.8. The SMILES string of the molecule is OC[C@H]1O[C@@H](O[C@H]2[C@@H](O)[C@@H](CO)O[C@@H](O[C@H]3[C@@H](O)[C@@H](CO)O[C@@H](O[C@H]4[C@@H](O)[C@@H](CO)O[C@@H](O[C@H]5[C@@H](O)[C@@H](CO)O[C@@H](O[C@H]6[C@H](O)[C@@H](O)C(O)O[C@@H]6CO)[C@@H]5O)[C@@H]4O)[C@@H]3O)[C@@H]2O)[C@H](O)[C@@H](O)[C@H]1O. The zero-order chi connectivity index (χ0) is 49.3. The van der Waals surface area contributed by atoms with Crippen molar-refractivity contribution in [2.45, 2.75) is 184 Å². The molecule has 6 aliphatic rings. The third kappa shape index (κ3) is 11.2. The molecule has 0 amide bonds. The van der Waals surface area contributed by atoms with Gasteiger partial charge in [0.25, 0.3) is 0 Å². The highest BCUT2D eigenvalue weighted by molar-refractivity contribution is 5.00. The highest BCUT2D eigenvalue weighted by Crippen LogP contribution is 2.37. The van der Waals surface area contributed by atoms with Crippen LogP contribution in [0, 0.1) is 0 Å². The summed E-state index contributed by atoms with van der Waals surface area (Å²) in [5.41, 5.74) is 0. The first-order chi connectivity index (χ1) is 31.8. The summed E-state index contributed by atoms with van der Waals surface area (Å²) < 4.78 is 60.7. The Morgan fingerprint density at radius 3 is 0.761 bits per heavy atom. The molecule has 6 fully saturated rings. The fraction of sp³-hybridized carbons (Fsp3) is 1.00. The van der Waals surface area contributed by atoms with Gasteiger partial charge in [-0.25, -0.2) is 0 Å². The molecule has 0 saturated carbocycles. The van der Waals surface area contributed by atoms with Gasteiger partial charge < -0.3 is 154 Å². The molecule has 67 heavy (non-hydrogen) atoms. The number of hydrogen-bond acceptors (Lipinski definition) is 31. The monoisotopic (exact) mass is 990 g/mol. The van der Waals surface area contributed by atoms with Gasteiger partial charge in [0, 0.05) is 0 Å². The lowest BCUT2D eigenvalue weighted by molar-refractivity contribution is -0.398.